The number of benzene rings is 1. The van der Waals surface area contributed by atoms with Crippen molar-refractivity contribution >= 4 is 0 Å². The van der Waals surface area contributed by atoms with Crippen LogP contribution in [-0.2, 0) is 0 Å². The Morgan fingerprint density at radius 3 is 2.82 bits per heavy atom. The van der Waals surface area contributed by atoms with E-state index in [1.54, 1.807) is 0 Å². The Hall–Kier alpha value is -1.02. The second-order valence-corrected chi connectivity index (χ2v) is 5.84. The van der Waals surface area contributed by atoms with Gasteiger partial charge in [0, 0.05) is 18.1 Å². The van der Waals surface area contributed by atoms with Crippen LogP contribution >= 0.6 is 0 Å². The van der Waals surface area contributed by atoms with Gasteiger partial charge in [0.25, 0.3) is 0 Å². The summed E-state index contributed by atoms with van der Waals surface area (Å²) in [6.45, 7) is 3.31. The highest BCUT2D eigenvalue weighted by Gasteiger charge is 2.43. The Balaban J connectivity index is 1.78. The van der Waals surface area contributed by atoms with Crippen LogP contribution in [0.4, 0.5) is 0 Å². The molecule has 1 heterocycles. The van der Waals surface area contributed by atoms with E-state index in [4.69, 9.17) is 4.74 Å². The number of aliphatic hydroxyl groups is 1. The van der Waals surface area contributed by atoms with E-state index in [0.717, 1.165) is 24.7 Å². The molecular formula is C15H20O2. The van der Waals surface area contributed by atoms with E-state index in [0.29, 0.717) is 12.5 Å². The van der Waals surface area contributed by atoms with Crippen molar-refractivity contribution in [2.75, 3.05) is 13.2 Å². The molecule has 1 aromatic rings. The van der Waals surface area contributed by atoms with Gasteiger partial charge in [-0.15, -0.1) is 0 Å². The predicted molar refractivity (Wildman–Crippen MR) is 67.2 cm³/mol. The van der Waals surface area contributed by atoms with Crippen molar-refractivity contribution in [3.8, 4) is 5.75 Å². The molecule has 0 aromatic heterocycles. The SMILES string of the molecule is CC(CO)(CC1COc2ccccc21)C1CC1. The zero-order valence-electron chi connectivity index (χ0n) is 10.4. The standard InChI is InChI=1S/C15H20O2/c1-15(10-16,12-6-7-12)8-11-9-17-14-5-3-2-4-13(11)14/h2-5,11-12,16H,6-10H2,1H3. The number of para-hydroxylation sites is 1. The third kappa shape index (κ3) is 1.95. The molecule has 1 aliphatic carbocycles. The summed E-state index contributed by atoms with van der Waals surface area (Å²) in [7, 11) is 0. The number of hydrogen-bond acceptors (Lipinski definition) is 2. The zero-order chi connectivity index (χ0) is 11.9. The fourth-order valence-electron chi connectivity index (χ4n) is 3.10. The van der Waals surface area contributed by atoms with Gasteiger partial charge in [0.2, 0.25) is 0 Å². The molecule has 2 heteroatoms. The minimum absolute atomic E-state index is 0.0888. The van der Waals surface area contributed by atoms with Crippen LogP contribution in [-0.4, -0.2) is 18.3 Å². The number of rotatable bonds is 4. The molecule has 2 atom stereocenters. The highest BCUT2D eigenvalue weighted by molar-refractivity contribution is 5.39. The molecule has 2 nitrogen and oxygen atoms in total. The maximum atomic E-state index is 9.66. The average Bonchev–Trinajstić information content (AvgIpc) is 3.14. The van der Waals surface area contributed by atoms with Crippen molar-refractivity contribution in [2.45, 2.75) is 32.1 Å². The summed E-state index contributed by atoms with van der Waals surface area (Å²) in [5, 5.41) is 9.66. The molecule has 17 heavy (non-hydrogen) atoms. The zero-order valence-corrected chi connectivity index (χ0v) is 10.4. The second kappa shape index (κ2) is 4.02. The molecule has 1 aromatic carbocycles. The van der Waals surface area contributed by atoms with Gasteiger partial charge in [-0.05, 0) is 36.7 Å². The van der Waals surface area contributed by atoms with Crippen LogP contribution in [0, 0.1) is 11.3 Å². The van der Waals surface area contributed by atoms with Gasteiger partial charge in [-0.3, -0.25) is 0 Å². The maximum absolute atomic E-state index is 9.66. The molecule has 92 valence electrons. The first kappa shape index (κ1) is 11.1. The summed E-state index contributed by atoms with van der Waals surface area (Å²) in [5.41, 5.74) is 1.42. The molecule has 0 amide bonds. The molecule has 0 spiro atoms. The van der Waals surface area contributed by atoms with Gasteiger partial charge in [-0.2, -0.15) is 0 Å². The molecule has 0 saturated heterocycles. The molecule has 0 radical (unpaired) electrons. The Bertz CT molecular complexity index is 411. The first-order valence-corrected chi connectivity index (χ1v) is 6.55. The Labute approximate surface area is 103 Å². The Kier molecular flexibility index (Phi) is 2.62. The van der Waals surface area contributed by atoms with Crippen molar-refractivity contribution in [3.05, 3.63) is 29.8 Å². The van der Waals surface area contributed by atoms with Gasteiger partial charge in [0.15, 0.2) is 0 Å². The van der Waals surface area contributed by atoms with Crippen molar-refractivity contribution in [2.24, 2.45) is 11.3 Å². The van der Waals surface area contributed by atoms with Gasteiger partial charge in [0.1, 0.15) is 5.75 Å². The lowest BCUT2D eigenvalue weighted by molar-refractivity contribution is 0.0980. The minimum atomic E-state index is 0.0888. The summed E-state index contributed by atoms with van der Waals surface area (Å²) >= 11 is 0. The molecule has 0 bridgehead atoms. The molecule has 1 saturated carbocycles. The summed E-state index contributed by atoms with van der Waals surface area (Å²) in [6.07, 6.45) is 3.61. The first-order valence-electron chi connectivity index (χ1n) is 6.55. The highest BCUT2D eigenvalue weighted by atomic mass is 16.5. The average molecular weight is 232 g/mol. The van der Waals surface area contributed by atoms with Gasteiger partial charge in [-0.1, -0.05) is 25.1 Å². The summed E-state index contributed by atoms with van der Waals surface area (Å²) in [5.74, 6) is 2.22. The van der Waals surface area contributed by atoms with Gasteiger partial charge < -0.3 is 9.84 Å². The number of aliphatic hydroxyl groups excluding tert-OH is 1. The van der Waals surface area contributed by atoms with Crippen LogP contribution in [0.2, 0.25) is 0 Å². The number of fused-ring (bicyclic) bond motifs is 1. The van der Waals surface area contributed by atoms with Crippen LogP contribution in [0.1, 0.15) is 37.7 Å². The van der Waals surface area contributed by atoms with E-state index in [1.165, 1.54) is 18.4 Å². The summed E-state index contributed by atoms with van der Waals surface area (Å²) in [6, 6.07) is 8.31. The van der Waals surface area contributed by atoms with Crippen molar-refractivity contribution < 1.29 is 9.84 Å². The Morgan fingerprint density at radius 1 is 1.35 bits per heavy atom. The van der Waals surface area contributed by atoms with Crippen LogP contribution in [0.5, 0.6) is 5.75 Å². The molecule has 1 fully saturated rings. The van der Waals surface area contributed by atoms with Gasteiger partial charge >= 0.3 is 0 Å². The highest BCUT2D eigenvalue weighted by Crippen LogP contribution is 2.51. The fourth-order valence-corrected chi connectivity index (χ4v) is 3.10. The quantitative estimate of drug-likeness (QED) is 0.864. The number of hydrogen-bond donors (Lipinski definition) is 1. The molecule has 3 rings (SSSR count). The number of ether oxygens (including phenoxy) is 1. The van der Waals surface area contributed by atoms with E-state index < -0.39 is 0 Å². The molecule has 1 N–H and O–H groups in total. The summed E-state index contributed by atoms with van der Waals surface area (Å²) in [4.78, 5) is 0. The fraction of sp³-hybridized carbons (Fsp3) is 0.600. The molecule has 2 aliphatic rings. The molecular weight excluding hydrogens is 212 g/mol. The molecule has 2 unspecified atom stereocenters. The van der Waals surface area contributed by atoms with Crippen molar-refractivity contribution in [3.63, 3.8) is 0 Å². The predicted octanol–water partition coefficient (Wildman–Crippen LogP) is 2.96. The largest absolute Gasteiger partial charge is 0.493 e. The third-order valence-electron chi connectivity index (χ3n) is 4.44. The van der Waals surface area contributed by atoms with Gasteiger partial charge in [-0.25, -0.2) is 0 Å². The normalized spacial score (nSPS) is 26.1. The van der Waals surface area contributed by atoms with Crippen LogP contribution in [0.25, 0.3) is 0 Å². The second-order valence-electron chi connectivity index (χ2n) is 5.84. The van der Waals surface area contributed by atoms with Crippen LogP contribution in [0.15, 0.2) is 24.3 Å². The van der Waals surface area contributed by atoms with E-state index in [-0.39, 0.29) is 5.41 Å². The van der Waals surface area contributed by atoms with E-state index in [9.17, 15) is 5.11 Å². The topological polar surface area (TPSA) is 29.5 Å². The van der Waals surface area contributed by atoms with E-state index in [1.807, 2.05) is 12.1 Å². The monoisotopic (exact) mass is 232 g/mol. The maximum Gasteiger partial charge on any atom is 0.122 e. The lowest BCUT2D eigenvalue weighted by Gasteiger charge is -2.29. The summed E-state index contributed by atoms with van der Waals surface area (Å²) < 4.78 is 5.72. The van der Waals surface area contributed by atoms with Gasteiger partial charge in [0.05, 0.1) is 6.61 Å². The van der Waals surface area contributed by atoms with Crippen LogP contribution in [0.3, 0.4) is 0 Å². The van der Waals surface area contributed by atoms with E-state index in [2.05, 4.69) is 19.1 Å². The van der Waals surface area contributed by atoms with Crippen molar-refractivity contribution in [1.29, 1.82) is 0 Å². The molecule has 1 aliphatic heterocycles. The van der Waals surface area contributed by atoms with E-state index >= 15 is 0 Å². The lowest BCUT2D eigenvalue weighted by atomic mass is 9.76. The van der Waals surface area contributed by atoms with Crippen LogP contribution < -0.4 is 4.74 Å². The first-order chi connectivity index (χ1) is 8.23. The third-order valence-corrected chi connectivity index (χ3v) is 4.44. The smallest absolute Gasteiger partial charge is 0.122 e. The van der Waals surface area contributed by atoms with Crippen molar-refractivity contribution in [1.82, 2.24) is 0 Å². The Morgan fingerprint density at radius 2 is 2.12 bits per heavy atom. The minimum Gasteiger partial charge on any atom is -0.493 e. The lowest BCUT2D eigenvalue weighted by Crippen LogP contribution is -2.27.